The van der Waals surface area contributed by atoms with E-state index in [-0.39, 0.29) is 6.54 Å². The van der Waals surface area contributed by atoms with Crippen molar-refractivity contribution in [1.82, 2.24) is 15.6 Å². The zero-order chi connectivity index (χ0) is 16.7. The fourth-order valence-electron chi connectivity index (χ4n) is 1.85. The first kappa shape index (κ1) is 16.9. The van der Waals surface area contributed by atoms with Crippen LogP contribution in [0, 0.1) is 0 Å². The molecule has 0 saturated carbocycles. The minimum absolute atomic E-state index is 0.275. The lowest BCUT2D eigenvalue weighted by Crippen LogP contribution is -2.48. The van der Waals surface area contributed by atoms with Gasteiger partial charge in [-0.05, 0) is 29.8 Å². The predicted octanol–water partition coefficient (Wildman–Crippen LogP) is 1.14. The minimum Gasteiger partial charge on any atom is -0.394 e. The van der Waals surface area contributed by atoms with Gasteiger partial charge < -0.3 is 15.7 Å². The molecule has 3 N–H and O–H groups in total. The van der Waals surface area contributed by atoms with Gasteiger partial charge in [-0.3, -0.25) is 14.6 Å². The van der Waals surface area contributed by atoms with Crippen molar-refractivity contribution in [3.8, 4) is 0 Å². The smallest absolute Gasteiger partial charge is 0.252 e. The van der Waals surface area contributed by atoms with Crippen molar-refractivity contribution in [3.05, 3.63) is 64.9 Å². The summed E-state index contributed by atoms with van der Waals surface area (Å²) < 4.78 is 0. The number of rotatable bonds is 6. The third-order valence-electron chi connectivity index (χ3n) is 3.13. The fraction of sp³-hybridized carbons (Fsp3) is 0.188. The largest absolute Gasteiger partial charge is 0.394 e. The van der Waals surface area contributed by atoms with Crippen LogP contribution in [0.1, 0.15) is 15.9 Å². The van der Waals surface area contributed by atoms with E-state index in [0.29, 0.717) is 10.6 Å². The van der Waals surface area contributed by atoms with Crippen LogP contribution in [-0.4, -0.2) is 34.6 Å². The van der Waals surface area contributed by atoms with Gasteiger partial charge in [0.2, 0.25) is 5.91 Å². The van der Waals surface area contributed by atoms with Gasteiger partial charge >= 0.3 is 0 Å². The van der Waals surface area contributed by atoms with E-state index in [1.54, 1.807) is 24.3 Å². The summed E-state index contributed by atoms with van der Waals surface area (Å²) in [6, 6.07) is 9.03. The molecule has 0 aliphatic carbocycles. The van der Waals surface area contributed by atoms with Gasteiger partial charge in [0.25, 0.3) is 5.91 Å². The Morgan fingerprint density at radius 3 is 2.39 bits per heavy atom. The number of aliphatic hydroxyl groups is 1. The Labute approximate surface area is 138 Å². The summed E-state index contributed by atoms with van der Waals surface area (Å²) in [6.07, 6.45) is 2.95. The van der Waals surface area contributed by atoms with Crippen molar-refractivity contribution >= 4 is 23.4 Å². The molecule has 0 bridgehead atoms. The molecule has 0 saturated heterocycles. The number of carbonyl (C=O) groups is 2. The molecule has 0 unspecified atom stereocenters. The van der Waals surface area contributed by atoms with Gasteiger partial charge in [-0.15, -0.1) is 0 Å². The summed E-state index contributed by atoms with van der Waals surface area (Å²) in [5.74, 6) is -0.919. The highest BCUT2D eigenvalue weighted by molar-refractivity contribution is 6.30. The van der Waals surface area contributed by atoms with Gasteiger partial charge in [0, 0.05) is 29.5 Å². The summed E-state index contributed by atoms with van der Waals surface area (Å²) >= 11 is 5.79. The van der Waals surface area contributed by atoms with Crippen LogP contribution in [0.3, 0.4) is 0 Å². The molecule has 0 aliphatic rings. The molecule has 1 aromatic carbocycles. The third kappa shape index (κ3) is 5.05. The first-order valence-corrected chi connectivity index (χ1v) is 7.32. The second kappa shape index (κ2) is 8.26. The molecule has 1 heterocycles. The highest BCUT2D eigenvalue weighted by atomic mass is 35.5. The first-order valence-electron chi connectivity index (χ1n) is 6.94. The molecule has 1 aromatic heterocycles. The van der Waals surface area contributed by atoms with Crippen LogP contribution in [0.4, 0.5) is 0 Å². The number of benzene rings is 1. The Bertz CT molecular complexity index is 662. The maximum Gasteiger partial charge on any atom is 0.252 e. The Morgan fingerprint density at radius 1 is 1.13 bits per heavy atom. The fourth-order valence-corrected chi connectivity index (χ4v) is 1.98. The van der Waals surface area contributed by atoms with Gasteiger partial charge in [0.1, 0.15) is 6.04 Å². The minimum atomic E-state index is -1.03. The standard InChI is InChI=1S/C16H16ClN3O3/c17-13-3-1-11(2-4-13)9-19-16(23)14(10-21)20-15(22)12-5-7-18-8-6-12/h1-8,14,21H,9-10H2,(H,19,23)(H,20,22)/t14-/m0/s1. The Kier molecular flexibility index (Phi) is 6.08. The van der Waals surface area contributed by atoms with Gasteiger partial charge in [0.05, 0.1) is 6.61 Å². The number of pyridine rings is 1. The van der Waals surface area contributed by atoms with Crippen molar-refractivity contribution in [2.24, 2.45) is 0 Å². The number of halogens is 1. The van der Waals surface area contributed by atoms with Crippen LogP contribution >= 0.6 is 11.6 Å². The van der Waals surface area contributed by atoms with E-state index in [9.17, 15) is 14.7 Å². The Balaban J connectivity index is 1.90. The SMILES string of the molecule is O=C(N[C@@H](CO)C(=O)NCc1ccc(Cl)cc1)c1ccncc1. The van der Waals surface area contributed by atoms with Crippen molar-refractivity contribution in [1.29, 1.82) is 0 Å². The van der Waals surface area contributed by atoms with Gasteiger partial charge in [-0.1, -0.05) is 23.7 Å². The monoisotopic (exact) mass is 333 g/mol. The average Bonchev–Trinajstić information content (AvgIpc) is 2.59. The zero-order valence-corrected chi connectivity index (χ0v) is 13.0. The summed E-state index contributed by atoms with van der Waals surface area (Å²) in [6.45, 7) is -0.221. The van der Waals surface area contributed by atoms with Crippen LogP contribution in [0.5, 0.6) is 0 Å². The molecule has 2 aromatic rings. The maximum atomic E-state index is 12.1. The van der Waals surface area contributed by atoms with Crippen LogP contribution in [0.15, 0.2) is 48.8 Å². The number of hydrogen-bond donors (Lipinski definition) is 3. The lowest BCUT2D eigenvalue weighted by Gasteiger charge is -2.16. The molecular formula is C16H16ClN3O3. The van der Waals surface area contributed by atoms with Gasteiger partial charge in [-0.25, -0.2) is 0 Å². The third-order valence-corrected chi connectivity index (χ3v) is 3.38. The number of hydrogen-bond acceptors (Lipinski definition) is 4. The highest BCUT2D eigenvalue weighted by Gasteiger charge is 2.20. The molecule has 2 rings (SSSR count). The van der Waals surface area contributed by atoms with E-state index in [0.717, 1.165) is 5.56 Å². The molecule has 0 aliphatic heterocycles. The quantitative estimate of drug-likeness (QED) is 0.739. The molecular weight excluding hydrogens is 318 g/mol. The van der Waals surface area contributed by atoms with E-state index in [1.165, 1.54) is 24.5 Å². The molecule has 0 radical (unpaired) electrons. The highest BCUT2D eigenvalue weighted by Crippen LogP contribution is 2.09. The van der Waals surface area contributed by atoms with E-state index >= 15 is 0 Å². The normalized spacial score (nSPS) is 11.6. The van der Waals surface area contributed by atoms with Crippen LogP contribution in [0.2, 0.25) is 5.02 Å². The number of carbonyl (C=O) groups excluding carboxylic acids is 2. The molecule has 7 heteroatoms. The molecule has 120 valence electrons. The first-order chi connectivity index (χ1) is 11.1. The van der Waals surface area contributed by atoms with Crippen molar-refractivity contribution < 1.29 is 14.7 Å². The molecule has 1 atom stereocenters. The summed E-state index contributed by atoms with van der Waals surface area (Å²) in [4.78, 5) is 27.9. The molecule has 6 nitrogen and oxygen atoms in total. The van der Waals surface area contributed by atoms with Crippen molar-refractivity contribution in [2.75, 3.05) is 6.61 Å². The number of aliphatic hydroxyl groups excluding tert-OH is 1. The topological polar surface area (TPSA) is 91.3 Å². The molecule has 0 spiro atoms. The number of nitrogens with zero attached hydrogens (tertiary/aromatic N) is 1. The predicted molar refractivity (Wildman–Crippen MR) is 85.9 cm³/mol. The molecule has 23 heavy (non-hydrogen) atoms. The second-order valence-electron chi connectivity index (χ2n) is 4.79. The average molecular weight is 334 g/mol. The summed E-state index contributed by atoms with van der Waals surface area (Å²) in [5.41, 5.74) is 1.23. The van der Waals surface area contributed by atoms with Gasteiger partial charge in [0.15, 0.2) is 0 Å². The van der Waals surface area contributed by atoms with Gasteiger partial charge in [-0.2, -0.15) is 0 Å². The lowest BCUT2D eigenvalue weighted by molar-refractivity contribution is -0.124. The molecule has 2 amide bonds. The summed E-state index contributed by atoms with van der Waals surface area (Å²) in [5, 5.41) is 15.1. The number of amides is 2. The number of nitrogens with one attached hydrogen (secondary N) is 2. The zero-order valence-electron chi connectivity index (χ0n) is 12.2. The van der Waals surface area contributed by atoms with E-state index in [1.807, 2.05) is 0 Å². The van der Waals surface area contributed by atoms with Crippen LogP contribution in [-0.2, 0) is 11.3 Å². The van der Waals surface area contributed by atoms with Crippen LogP contribution < -0.4 is 10.6 Å². The van der Waals surface area contributed by atoms with Crippen molar-refractivity contribution in [2.45, 2.75) is 12.6 Å². The van der Waals surface area contributed by atoms with E-state index in [4.69, 9.17) is 11.6 Å². The van der Waals surface area contributed by atoms with Crippen molar-refractivity contribution in [3.63, 3.8) is 0 Å². The lowest BCUT2D eigenvalue weighted by atomic mass is 10.2. The second-order valence-corrected chi connectivity index (χ2v) is 5.23. The van der Waals surface area contributed by atoms with Crippen LogP contribution in [0.25, 0.3) is 0 Å². The Morgan fingerprint density at radius 2 is 1.78 bits per heavy atom. The maximum absolute atomic E-state index is 12.1. The molecule has 0 fully saturated rings. The van der Waals surface area contributed by atoms with E-state index < -0.39 is 24.5 Å². The Hall–Kier alpha value is -2.44. The summed E-state index contributed by atoms with van der Waals surface area (Å²) in [7, 11) is 0. The number of aromatic nitrogens is 1. The van der Waals surface area contributed by atoms with E-state index in [2.05, 4.69) is 15.6 Å².